The molecule has 1 fully saturated rings. The standard InChI is InChI=1S/C14H24N4O2/c1-4-9-17-14(13(18(19)20)11(3)16-17)15-12-7-5-10(2)6-8-12/h10,12,15H,4-9H2,1-3H3. The summed E-state index contributed by atoms with van der Waals surface area (Å²) >= 11 is 0. The van der Waals surface area contributed by atoms with Crippen LogP contribution in [0, 0.1) is 23.0 Å². The van der Waals surface area contributed by atoms with Crippen molar-refractivity contribution in [1.29, 1.82) is 0 Å². The zero-order valence-corrected chi connectivity index (χ0v) is 12.6. The molecule has 0 amide bonds. The van der Waals surface area contributed by atoms with E-state index in [9.17, 15) is 10.1 Å². The molecule has 2 rings (SSSR count). The number of hydrogen-bond donors (Lipinski definition) is 1. The van der Waals surface area contributed by atoms with E-state index < -0.39 is 0 Å². The van der Waals surface area contributed by atoms with Gasteiger partial charge in [-0.15, -0.1) is 0 Å². The van der Waals surface area contributed by atoms with Crippen LogP contribution in [-0.2, 0) is 6.54 Å². The lowest BCUT2D eigenvalue weighted by molar-refractivity contribution is -0.384. The molecule has 0 saturated heterocycles. The van der Waals surface area contributed by atoms with Gasteiger partial charge in [0.2, 0.25) is 5.82 Å². The first-order valence-corrected chi connectivity index (χ1v) is 7.51. The van der Waals surface area contributed by atoms with E-state index in [0.717, 1.165) is 25.2 Å². The molecule has 1 aromatic heterocycles. The van der Waals surface area contributed by atoms with Gasteiger partial charge < -0.3 is 5.32 Å². The van der Waals surface area contributed by atoms with E-state index in [1.165, 1.54) is 12.8 Å². The van der Waals surface area contributed by atoms with Crippen molar-refractivity contribution < 1.29 is 4.92 Å². The highest BCUT2D eigenvalue weighted by molar-refractivity contribution is 5.60. The fraction of sp³-hybridized carbons (Fsp3) is 0.786. The molecular weight excluding hydrogens is 256 g/mol. The number of nitro groups is 1. The number of rotatable bonds is 5. The van der Waals surface area contributed by atoms with E-state index in [0.29, 0.717) is 24.1 Å². The third kappa shape index (κ3) is 3.11. The minimum absolute atomic E-state index is 0.136. The predicted octanol–water partition coefficient (Wildman–Crippen LogP) is 3.50. The first-order valence-electron chi connectivity index (χ1n) is 7.51. The van der Waals surface area contributed by atoms with Crippen LogP contribution < -0.4 is 5.32 Å². The minimum atomic E-state index is -0.317. The van der Waals surface area contributed by atoms with Crippen LogP contribution in [0.5, 0.6) is 0 Å². The molecule has 1 heterocycles. The lowest BCUT2D eigenvalue weighted by Gasteiger charge is -2.27. The number of hydrogen-bond acceptors (Lipinski definition) is 4. The van der Waals surface area contributed by atoms with Gasteiger partial charge in [0.15, 0.2) is 0 Å². The van der Waals surface area contributed by atoms with Crippen molar-refractivity contribution in [1.82, 2.24) is 9.78 Å². The highest BCUT2D eigenvalue weighted by Crippen LogP contribution is 2.32. The molecule has 6 nitrogen and oxygen atoms in total. The molecule has 112 valence electrons. The lowest BCUT2D eigenvalue weighted by atomic mass is 9.87. The maximum atomic E-state index is 11.3. The van der Waals surface area contributed by atoms with Crippen molar-refractivity contribution in [3.63, 3.8) is 0 Å². The van der Waals surface area contributed by atoms with Crippen LogP contribution in [0.4, 0.5) is 11.5 Å². The van der Waals surface area contributed by atoms with Gasteiger partial charge in [-0.1, -0.05) is 13.8 Å². The van der Waals surface area contributed by atoms with Crippen molar-refractivity contribution in [2.75, 3.05) is 5.32 Å². The smallest absolute Gasteiger partial charge is 0.333 e. The Hall–Kier alpha value is -1.59. The third-order valence-electron chi connectivity index (χ3n) is 4.07. The molecule has 20 heavy (non-hydrogen) atoms. The van der Waals surface area contributed by atoms with Crippen molar-refractivity contribution in [3.05, 3.63) is 15.8 Å². The zero-order valence-electron chi connectivity index (χ0n) is 12.6. The van der Waals surface area contributed by atoms with Crippen molar-refractivity contribution in [2.45, 2.75) is 65.5 Å². The molecule has 0 aliphatic heterocycles. The molecule has 6 heteroatoms. The van der Waals surface area contributed by atoms with E-state index in [2.05, 4.69) is 24.3 Å². The Kier molecular flexibility index (Phi) is 4.62. The van der Waals surface area contributed by atoms with Gasteiger partial charge in [-0.2, -0.15) is 5.10 Å². The van der Waals surface area contributed by atoms with Crippen molar-refractivity contribution >= 4 is 11.5 Å². The van der Waals surface area contributed by atoms with E-state index in [1.54, 1.807) is 11.6 Å². The van der Waals surface area contributed by atoms with Gasteiger partial charge in [-0.05, 0) is 44.9 Å². The van der Waals surface area contributed by atoms with Gasteiger partial charge in [-0.25, -0.2) is 4.68 Å². The second-order valence-corrected chi connectivity index (χ2v) is 5.86. The molecule has 0 spiro atoms. The molecule has 0 radical (unpaired) electrons. The van der Waals surface area contributed by atoms with E-state index in [4.69, 9.17) is 0 Å². The molecule has 1 aliphatic carbocycles. The summed E-state index contributed by atoms with van der Waals surface area (Å²) in [5.41, 5.74) is 0.632. The first-order chi connectivity index (χ1) is 9.52. The highest BCUT2D eigenvalue weighted by atomic mass is 16.6. The second kappa shape index (κ2) is 6.24. The number of anilines is 1. The number of aryl methyl sites for hydroxylation is 2. The molecule has 1 aromatic rings. The summed E-state index contributed by atoms with van der Waals surface area (Å²) < 4.78 is 1.76. The monoisotopic (exact) mass is 280 g/mol. The Balaban J connectivity index is 2.21. The number of aromatic nitrogens is 2. The van der Waals surface area contributed by atoms with Gasteiger partial charge >= 0.3 is 5.69 Å². The average molecular weight is 280 g/mol. The maximum absolute atomic E-state index is 11.3. The van der Waals surface area contributed by atoms with E-state index in [1.807, 2.05) is 0 Å². The maximum Gasteiger partial charge on any atom is 0.333 e. The molecule has 0 bridgehead atoms. The first kappa shape index (κ1) is 14.8. The molecule has 0 aromatic carbocycles. The van der Waals surface area contributed by atoms with Crippen LogP contribution in [0.2, 0.25) is 0 Å². The Morgan fingerprint density at radius 1 is 1.40 bits per heavy atom. The fourth-order valence-corrected chi connectivity index (χ4v) is 2.90. The number of nitrogens with one attached hydrogen (secondary N) is 1. The Morgan fingerprint density at radius 2 is 2.05 bits per heavy atom. The van der Waals surface area contributed by atoms with E-state index in [-0.39, 0.29) is 10.6 Å². The summed E-state index contributed by atoms with van der Waals surface area (Å²) in [4.78, 5) is 10.9. The zero-order chi connectivity index (χ0) is 14.7. The lowest BCUT2D eigenvalue weighted by Crippen LogP contribution is -2.27. The summed E-state index contributed by atoms with van der Waals surface area (Å²) in [7, 11) is 0. The summed E-state index contributed by atoms with van der Waals surface area (Å²) in [6, 6.07) is 0.330. The van der Waals surface area contributed by atoms with Gasteiger partial charge in [0.1, 0.15) is 5.69 Å². The molecular formula is C14H24N4O2. The van der Waals surface area contributed by atoms with Crippen molar-refractivity contribution in [3.8, 4) is 0 Å². The average Bonchev–Trinajstić information content (AvgIpc) is 2.69. The summed E-state index contributed by atoms with van der Waals surface area (Å²) in [5, 5.41) is 19.0. The predicted molar refractivity (Wildman–Crippen MR) is 79.0 cm³/mol. The van der Waals surface area contributed by atoms with Crippen LogP contribution in [0.3, 0.4) is 0 Å². The second-order valence-electron chi connectivity index (χ2n) is 5.86. The van der Waals surface area contributed by atoms with Gasteiger partial charge in [0, 0.05) is 12.6 Å². The Labute approximate surface area is 119 Å². The van der Waals surface area contributed by atoms with Crippen molar-refractivity contribution in [2.24, 2.45) is 5.92 Å². The highest BCUT2D eigenvalue weighted by Gasteiger charge is 2.28. The number of nitrogens with zero attached hydrogens (tertiary/aromatic N) is 3. The topological polar surface area (TPSA) is 73.0 Å². The minimum Gasteiger partial charge on any atom is -0.362 e. The largest absolute Gasteiger partial charge is 0.362 e. The van der Waals surface area contributed by atoms with Gasteiger partial charge in [0.25, 0.3) is 0 Å². The third-order valence-corrected chi connectivity index (χ3v) is 4.07. The summed E-state index contributed by atoms with van der Waals surface area (Å²) in [6.07, 6.45) is 5.44. The van der Waals surface area contributed by atoms with Crippen LogP contribution in [0.25, 0.3) is 0 Å². The van der Waals surface area contributed by atoms with Crippen LogP contribution in [0.1, 0.15) is 51.6 Å². The Bertz CT molecular complexity index is 476. The van der Waals surface area contributed by atoms with Crippen LogP contribution in [-0.4, -0.2) is 20.7 Å². The molecule has 1 saturated carbocycles. The normalized spacial score (nSPS) is 22.8. The SMILES string of the molecule is CCCn1nc(C)c([N+](=O)[O-])c1NC1CCC(C)CC1. The quantitative estimate of drug-likeness (QED) is 0.661. The van der Waals surface area contributed by atoms with E-state index >= 15 is 0 Å². The summed E-state index contributed by atoms with van der Waals surface area (Å²) in [6.45, 7) is 6.73. The van der Waals surface area contributed by atoms with Crippen LogP contribution in [0.15, 0.2) is 0 Å². The van der Waals surface area contributed by atoms with Gasteiger partial charge in [-0.3, -0.25) is 10.1 Å². The molecule has 0 atom stereocenters. The fourth-order valence-electron chi connectivity index (χ4n) is 2.90. The van der Waals surface area contributed by atoms with Crippen LogP contribution >= 0.6 is 0 Å². The molecule has 1 aliphatic rings. The summed E-state index contributed by atoms with van der Waals surface area (Å²) in [5.74, 6) is 1.36. The Morgan fingerprint density at radius 3 is 2.60 bits per heavy atom. The molecule has 1 N–H and O–H groups in total. The molecule has 0 unspecified atom stereocenters. The van der Waals surface area contributed by atoms with Gasteiger partial charge in [0.05, 0.1) is 4.92 Å².